The maximum Gasteiger partial charge on any atom is 0.227 e. The van der Waals surface area contributed by atoms with E-state index in [1.165, 1.54) is 0 Å². The summed E-state index contributed by atoms with van der Waals surface area (Å²) in [5, 5.41) is 3.93. The number of hydrogen-bond acceptors (Lipinski definition) is 6. The van der Waals surface area contributed by atoms with E-state index in [4.69, 9.17) is 0 Å². The van der Waals surface area contributed by atoms with Crippen molar-refractivity contribution in [2.45, 2.75) is 42.2 Å². The van der Waals surface area contributed by atoms with Gasteiger partial charge in [-0.3, -0.25) is 0 Å². The van der Waals surface area contributed by atoms with Crippen molar-refractivity contribution in [1.29, 1.82) is 0 Å². The van der Waals surface area contributed by atoms with Crippen LogP contribution >= 0.6 is 0 Å². The molecule has 5 rings (SSSR count). The number of nitrogens with one attached hydrogen (secondary N) is 2. The SMILES string of the molecule is O=S(=O)(c1ccc(Nc2ncc(/C=C/c3ccnc4[nH]ccc34)cn2)cc1)C1CCCCC1. The van der Waals surface area contributed by atoms with E-state index in [2.05, 4.69) is 25.3 Å². The lowest BCUT2D eigenvalue weighted by atomic mass is 10.0. The smallest absolute Gasteiger partial charge is 0.227 e. The van der Waals surface area contributed by atoms with Gasteiger partial charge in [0.05, 0.1) is 10.1 Å². The Balaban J connectivity index is 1.25. The molecule has 168 valence electrons. The third-order valence-corrected chi connectivity index (χ3v) is 8.33. The third-order valence-electron chi connectivity index (χ3n) is 6.05. The Morgan fingerprint density at radius 3 is 2.42 bits per heavy atom. The molecule has 3 heterocycles. The van der Waals surface area contributed by atoms with Crippen molar-refractivity contribution in [3.63, 3.8) is 0 Å². The van der Waals surface area contributed by atoms with E-state index in [0.29, 0.717) is 10.8 Å². The summed E-state index contributed by atoms with van der Waals surface area (Å²) in [5.74, 6) is 0.451. The summed E-state index contributed by atoms with van der Waals surface area (Å²) in [7, 11) is -3.27. The Bertz CT molecular complexity index is 1370. The van der Waals surface area contributed by atoms with Gasteiger partial charge in [-0.05, 0) is 54.8 Å². The summed E-state index contributed by atoms with van der Waals surface area (Å²) in [5.41, 5.74) is 3.53. The van der Waals surface area contributed by atoms with Crippen LogP contribution in [0.1, 0.15) is 43.2 Å². The van der Waals surface area contributed by atoms with Crippen LogP contribution in [-0.4, -0.2) is 33.6 Å². The molecule has 1 aliphatic rings. The van der Waals surface area contributed by atoms with Crippen LogP contribution in [0.25, 0.3) is 23.2 Å². The minimum absolute atomic E-state index is 0.255. The number of anilines is 2. The summed E-state index contributed by atoms with van der Waals surface area (Å²) >= 11 is 0. The molecule has 0 atom stereocenters. The summed E-state index contributed by atoms with van der Waals surface area (Å²) in [4.78, 5) is 16.5. The molecule has 1 saturated carbocycles. The first-order valence-corrected chi connectivity index (χ1v) is 12.7. The predicted molar refractivity (Wildman–Crippen MR) is 131 cm³/mol. The van der Waals surface area contributed by atoms with E-state index in [0.717, 1.165) is 60.0 Å². The van der Waals surface area contributed by atoms with Crippen LogP contribution in [0.4, 0.5) is 11.6 Å². The largest absolute Gasteiger partial charge is 0.346 e. The number of fused-ring (bicyclic) bond motifs is 1. The number of nitrogens with zero attached hydrogens (tertiary/aromatic N) is 3. The Morgan fingerprint density at radius 1 is 0.909 bits per heavy atom. The Morgan fingerprint density at radius 2 is 1.67 bits per heavy atom. The molecule has 4 aromatic rings. The number of hydrogen-bond donors (Lipinski definition) is 2. The standard InChI is InChI=1S/C25H25N5O2S/c31-33(32,21-4-2-1-3-5-21)22-10-8-20(9-11-22)30-25-28-16-18(17-29-25)6-7-19-12-14-26-24-23(19)13-15-27-24/h6-17,21H,1-5H2,(H,26,27)(H,28,29,30)/b7-6+. The molecule has 8 heteroatoms. The molecular weight excluding hydrogens is 434 g/mol. The van der Waals surface area contributed by atoms with Crippen LogP contribution in [0.2, 0.25) is 0 Å². The molecule has 33 heavy (non-hydrogen) atoms. The quantitative estimate of drug-likeness (QED) is 0.402. The van der Waals surface area contributed by atoms with Crippen molar-refractivity contribution in [2.75, 3.05) is 5.32 Å². The highest BCUT2D eigenvalue weighted by atomic mass is 32.2. The Hall–Kier alpha value is -3.52. The summed E-state index contributed by atoms with van der Waals surface area (Å²) < 4.78 is 25.7. The molecule has 0 aliphatic heterocycles. The van der Waals surface area contributed by atoms with Crippen molar-refractivity contribution in [1.82, 2.24) is 19.9 Å². The maximum absolute atomic E-state index is 12.9. The van der Waals surface area contributed by atoms with Crippen molar-refractivity contribution < 1.29 is 8.42 Å². The van der Waals surface area contributed by atoms with Gasteiger partial charge in [0.1, 0.15) is 5.65 Å². The lowest BCUT2D eigenvalue weighted by molar-refractivity contribution is 0.483. The van der Waals surface area contributed by atoms with Crippen molar-refractivity contribution in [3.05, 3.63) is 72.3 Å². The first kappa shape index (κ1) is 21.3. The molecule has 0 amide bonds. The number of H-pyrrole nitrogens is 1. The van der Waals surface area contributed by atoms with Gasteiger partial charge in [-0.25, -0.2) is 23.4 Å². The second-order valence-electron chi connectivity index (χ2n) is 8.27. The highest BCUT2D eigenvalue weighted by molar-refractivity contribution is 7.92. The zero-order chi connectivity index (χ0) is 22.7. The lowest BCUT2D eigenvalue weighted by Crippen LogP contribution is -2.24. The lowest BCUT2D eigenvalue weighted by Gasteiger charge is -2.21. The molecule has 1 aliphatic carbocycles. The molecule has 2 N–H and O–H groups in total. The van der Waals surface area contributed by atoms with Crippen LogP contribution < -0.4 is 5.32 Å². The van der Waals surface area contributed by atoms with Gasteiger partial charge >= 0.3 is 0 Å². The zero-order valence-electron chi connectivity index (χ0n) is 18.1. The molecule has 3 aromatic heterocycles. The first-order chi connectivity index (χ1) is 16.1. The molecule has 1 fully saturated rings. The number of pyridine rings is 1. The molecule has 0 bridgehead atoms. The summed E-state index contributed by atoms with van der Waals surface area (Å²) in [6.45, 7) is 0. The summed E-state index contributed by atoms with van der Waals surface area (Å²) in [6.07, 6.45) is 15.7. The minimum Gasteiger partial charge on any atom is -0.346 e. The molecule has 0 saturated heterocycles. The Kier molecular flexibility index (Phi) is 5.92. The van der Waals surface area contributed by atoms with Gasteiger partial charge in [0.25, 0.3) is 0 Å². The molecule has 0 radical (unpaired) electrons. The second kappa shape index (κ2) is 9.15. The van der Waals surface area contributed by atoms with Crippen molar-refractivity contribution >= 4 is 44.7 Å². The van der Waals surface area contributed by atoms with E-state index >= 15 is 0 Å². The fourth-order valence-corrected chi connectivity index (χ4v) is 6.08. The van der Waals surface area contributed by atoms with E-state index in [1.54, 1.807) is 42.9 Å². The zero-order valence-corrected chi connectivity index (χ0v) is 18.9. The molecule has 0 spiro atoms. The van der Waals surface area contributed by atoms with Gasteiger partial charge in [0.2, 0.25) is 5.95 Å². The number of aromatic amines is 1. The highest BCUT2D eigenvalue weighted by Gasteiger charge is 2.28. The average molecular weight is 460 g/mol. The Labute approximate surface area is 192 Å². The first-order valence-electron chi connectivity index (χ1n) is 11.1. The maximum atomic E-state index is 12.9. The van der Waals surface area contributed by atoms with Crippen molar-refractivity contribution in [3.8, 4) is 0 Å². The molecule has 0 unspecified atom stereocenters. The third kappa shape index (κ3) is 4.66. The second-order valence-corrected chi connectivity index (χ2v) is 10.5. The topological polar surface area (TPSA) is 101 Å². The van der Waals surface area contributed by atoms with Gasteiger partial charge < -0.3 is 10.3 Å². The van der Waals surface area contributed by atoms with Gasteiger partial charge in [-0.1, -0.05) is 31.4 Å². The van der Waals surface area contributed by atoms with Gasteiger partial charge in [-0.15, -0.1) is 0 Å². The number of sulfone groups is 1. The van der Waals surface area contributed by atoms with E-state index in [9.17, 15) is 8.42 Å². The van der Waals surface area contributed by atoms with Gasteiger partial charge in [0, 0.05) is 41.4 Å². The highest BCUT2D eigenvalue weighted by Crippen LogP contribution is 2.29. The van der Waals surface area contributed by atoms with Crippen LogP contribution in [-0.2, 0) is 9.84 Å². The van der Waals surface area contributed by atoms with Crippen LogP contribution in [0.5, 0.6) is 0 Å². The fraction of sp³-hybridized carbons (Fsp3) is 0.240. The summed E-state index contributed by atoms with van der Waals surface area (Å²) in [6, 6.07) is 10.8. The predicted octanol–water partition coefficient (Wildman–Crippen LogP) is 5.37. The van der Waals surface area contributed by atoms with E-state index in [-0.39, 0.29) is 5.25 Å². The van der Waals surface area contributed by atoms with E-state index < -0.39 is 9.84 Å². The molecule has 1 aromatic carbocycles. The number of benzene rings is 1. The van der Waals surface area contributed by atoms with E-state index in [1.807, 2.05) is 30.5 Å². The molecule has 7 nitrogen and oxygen atoms in total. The van der Waals surface area contributed by atoms with Crippen LogP contribution in [0, 0.1) is 0 Å². The van der Waals surface area contributed by atoms with Gasteiger partial charge in [0.15, 0.2) is 9.84 Å². The number of rotatable bonds is 6. The van der Waals surface area contributed by atoms with Crippen LogP contribution in [0.15, 0.2) is 66.1 Å². The fourth-order valence-electron chi connectivity index (χ4n) is 4.23. The molecular formula is C25H25N5O2S. The minimum atomic E-state index is -3.27. The monoisotopic (exact) mass is 459 g/mol. The van der Waals surface area contributed by atoms with Gasteiger partial charge in [-0.2, -0.15) is 0 Å². The van der Waals surface area contributed by atoms with Crippen LogP contribution in [0.3, 0.4) is 0 Å². The normalized spacial score (nSPS) is 15.3. The van der Waals surface area contributed by atoms with Crippen molar-refractivity contribution in [2.24, 2.45) is 0 Å². The number of aromatic nitrogens is 4. The average Bonchev–Trinajstić information content (AvgIpc) is 3.34.